The number of hydrogen-bond acceptors (Lipinski definition) is 4. The van der Waals surface area contributed by atoms with E-state index in [0.29, 0.717) is 22.8 Å². The van der Waals surface area contributed by atoms with E-state index in [1.165, 1.54) is 0 Å². The maximum absolute atomic E-state index is 11.2. The van der Waals surface area contributed by atoms with Crippen LogP contribution in [0.25, 0.3) is 22.2 Å². The van der Waals surface area contributed by atoms with Crippen LogP contribution in [0.1, 0.15) is 15.9 Å². The lowest BCUT2D eigenvalue weighted by atomic mass is 10.0. The number of benzene rings is 2. The van der Waals surface area contributed by atoms with E-state index in [-0.39, 0.29) is 5.56 Å². The molecule has 0 bridgehead atoms. The summed E-state index contributed by atoms with van der Waals surface area (Å²) in [4.78, 5) is 15.6. The molecule has 0 aliphatic rings. The number of carboxylic acids is 1. The molecule has 0 fully saturated rings. The Morgan fingerprint density at radius 3 is 2.67 bits per heavy atom. The van der Waals surface area contributed by atoms with Crippen molar-refractivity contribution in [2.75, 3.05) is 0 Å². The topological polar surface area (TPSA) is 77.2 Å². The predicted octanol–water partition coefficient (Wildman–Crippen LogP) is 4.43. The van der Waals surface area contributed by atoms with Crippen LogP contribution >= 0.6 is 0 Å². The summed E-state index contributed by atoms with van der Waals surface area (Å²) in [5.74, 6) is 0.428. The van der Waals surface area contributed by atoms with E-state index in [1.807, 2.05) is 43.6 Å². The van der Waals surface area contributed by atoms with E-state index in [0.717, 1.165) is 16.5 Å². The normalized spacial score (nSPS) is 10.9. The Balaban J connectivity index is 1.64. The molecule has 134 valence electrons. The molecule has 0 saturated carbocycles. The molecule has 0 saturated heterocycles. The van der Waals surface area contributed by atoms with Gasteiger partial charge in [-0.3, -0.25) is 9.67 Å². The van der Waals surface area contributed by atoms with Crippen molar-refractivity contribution >= 4 is 16.9 Å². The molecule has 27 heavy (non-hydrogen) atoms. The lowest BCUT2D eigenvalue weighted by Gasteiger charge is -2.09. The van der Waals surface area contributed by atoms with Crippen molar-refractivity contribution < 1.29 is 14.6 Å². The van der Waals surface area contributed by atoms with Crippen LogP contribution in [0.15, 0.2) is 60.9 Å². The van der Waals surface area contributed by atoms with Gasteiger partial charge in [0.05, 0.1) is 23.0 Å². The average molecular weight is 359 g/mol. The maximum Gasteiger partial charge on any atom is 0.335 e. The number of hydrogen-bond donors (Lipinski definition) is 1. The number of carbonyl (C=O) groups is 1. The minimum absolute atomic E-state index is 0.288. The zero-order valence-corrected chi connectivity index (χ0v) is 14.9. The van der Waals surface area contributed by atoms with Gasteiger partial charge in [-0.15, -0.1) is 0 Å². The number of nitrogens with zero attached hydrogens (tertiary/aromatic N) is 3. The second kappa shape index (κ2) is 6.57. The van der Waals surface area contributed by atoms with Crippen molar-refractivity contribution in [2.45, 2.75) is 6.92 Å². The minimum atomic E-state index is -0.936. The molecule has 0 radical (unpaired) electrons. The van der Waals surface area contributed by atoms with Crippen molar-refractivity contribution in [2.24, 2.45) is 7.05 Å². The van der Waals surface area contributed by atoms with Crippen LogP contribution in [0, 0.1) is 6.92 Å². The number of carboxylic acid groups (broad SMARTS) is 1. The third kappa shape index (κ3) is 3.25. The van der Waals surface area contributed by atoms with Crippen LogP contribution in [0.2, 0.25) is 0 Å². The Morgan fingerprint density at radius 1 is 1.07 bits per heavy atom. The van der Waals surface area contributed by atoms with Crippen LogP contribution in [0.4, 0.5) is 0 Å². The Hall–Kier alpha value is -3.67. The van der Waals surface area contributed by atoms with Crippen LogP contribution < -0.4 is 4.74 Å². The second-order valence-corrected chi connectivity index (χ2v) is 6.30. The first-order chi connectivity index (χ1) is 13.0. The fourth-order valence-corrected chi connectivity index (χ4v) is 3.02. The van der Waals surface area contributed by atoms with Gasteiger partial charge >= 0.3 is 5.97 Å². The molecule has 2 aromatic carbocycles. The van der Waals surface area contributed by atoms with Crippen molar-refractivity contribution in [3.05, 3.63) is 72.1 Å². The van der Waals surface area contributed by atoms with Gasteiger partial charge < -0.3 is 9.84 Å². The van der Waals surface area contributed by atoms with Crippen LogP contribution in [0.3, 0.4) is 0 Å². The molecular formula is C21H17N3O3. The number of aromatic nitrogens is 3. The van der Waals surface area contributed by atoms with Crippen LogP contribution in [-0.2, 0) is 7.05 Å². The minimum Gasteiger partial charge on any atom is -0.478 e. The summed E-state index contributed by atoms with van der Waals surface area (Å²) in [6.45, 7) is 1.77. The first-order valence-corrected chi connectivity index (χ1v) is 8.41. The molecule has 0 aliphatic heterocycles. The number of rotatable bonds is 4. The fourth-order valence-electron chi connectivity index (χ4n) is 3.02. The van der Waals surface area contributed by atoms with Gasteiger partial charge in [0.15, 0.2) is 0 Å². The first-order valence-electron chi connectivity index (χ1n) is 8.41. The molecule has 4 rings (SSSR count). The Labute approximate surface area is 155 Å². The number of fused-ring (bicyclic) bond motifs is 1. The van der Waals surface area contributed by atoms with Crippen molar-refractivity contribution in [3.63, 3.8) is 0 Å². The molecule has 0 aliphatic carbocycles. The summed E-state index contributed by atoms with van der Waals surface area (Å²) in [7, 11) is 1.89. The van der Waals surface area contributed by atoms with Gasteiger partial charge in [-0.25, -0.2) is 4.79 Å². The smallest absolute Gasteiger partial charge is 0.335 e. The average Bonchev–Trinajstić information content (AvgIpc) is 3.02. The number of aromatic carboxylic acids is 1. The van der Waals surface area contributed by atoms with E-state index in [9.17, 15) is 9.90 Å². The summed E-state index contributed by atoms with van der Waals surface area (Å²) in [6.07, 6.45) is 3.49. The van der Waals surface area contributed by atoms with Gasteiger partial charge in [0.2, 0.25) is 0 Å². The highest BCUT2D eigenvalue weighted by atomic mass is 16.5. The van der Waals surface area contributed by atoms with Gasteiger partial charge in [0, 0.05) is 36.3 Å². The number of aryl methyl sites for hydroxylation is 2. The highest BCUT2D eigenvalue weighted by molar-refractivity contribution is 5.90. The van der Waals surface area contributed by atoms with Gasteiger partial charge in [0.1, 0.15) is 11.5 Å². The lowest BCUT2D eigenvalue weighted by Crippen LogP contribution is -1.99. The molecule has 4 aromatic rings. The summed E-state index contributed by atoms with van der Waals surface area (Å²) >= 11 is 0. The Kier molecular flexibility index (Phi) is 4.08. The monoisotopic (exact) mass is 359 g/mol. The Bertz CT molecular complexity index is 1160. The maximum atomic E-state index is 11.2. The van der Waals surface area contributed by atoms with Crippen molar-refractivity contribution in [1.82, 2.24) is 14.8 Å². The molecule has 1 N–H and O–H groups in total. The third-order valence-corrected chi connectivity index (χ3v) is 4.44. The highest BCUT2D eigenvalue weighted by Gasteiger charge is 2.10. The quantitative estimate of drug-likeness (QED) is 0.583. The lowest BCUT2D eigenvalue weighted by molar-refractivity contribution is 0.0696. The zero-order valence-electron chi connectivity index (χ0n) is 14.9. The van der Waals surface area contributed by atoms with Crippen LogP contribution in [0.5, 0.6) is 11.5 Å². The van der Waals surface area contributed by atoms with Crippen molar-refractivity contribution in [3.8, 4) is 22.8 Å². The summed E-state index contributed by atoms with van der Waals surface area (Å²) < 4.78 is 7.79. The molecule has 2 aromatic heterocycles. The summed E-state index contributed by atoms with van der Waals surface area (Å²) in [5.41, 5.74) is 3.52. The van der Waals surface area contributed by atoms with Gasteiger partial charge in [-0.1, -0.05) is 6.07 Å². The standard InChI is InChI=1S/C21H17N3O3/c1-13-9-14(4-6-18(13)21(25)26)19-10-17(7-8-22-19)27-16-5-3-15-12-23-24(2)20(15)11-16/h3-12H,1-2H3,(H,25,26). The predicted molar refractivity (Wildman–Crippen MR) is 102 cm³/mol. The highest BCUT2D eigenvalue weighted by Crippen LogP contribution is 2.28. The van der Waals surface area contributed by atoms with Crippen molar-refractivity contribution in [1.29, 1.82) is 0 Å². The molecule has 0 spiro atoms. The molecule has 0 atom stereocenters. The zero-order chi connectivity index (χ0) is 19.0. The van der Waals surface area contributed by atoms with E-state index >= 15 is 0 Å². The molecule has 0 amide bonds. The van der Waals surface area contributed by atoms with E-state index in [4.69, 9.17) is 4.74 Å². The van der Waals surface area contributed by atoms with E-state index in [1.54, 1.807) is 36.0 Å². The fraction of sp³-hybridized carbons (Fsp3) is 0.0952. The van der Waals surface area contributed by atoms with Gasteiger partial charge in [-0.2, -0.15) is 5.10 Å². The van der Waals surface area contributed by atoms with Gasteiger partial charge in [-0.05, 0) is 42.8 Å². The second-order valence-electron chi connectivity index (χ2n) is 6.30. The van der Waals surface area contributed by atoms with Crippen LogP contribution in [-0.4, -0.2) is 25.8 Å². The molecule has 2 heterocycles. The number of ether oxygens (including phenoxy) is 1. The Morgan fingerprint density at radius 2 is 1.89 bits per heavy atom. The summed E-state index contributed by atoms with van der Waals surface area (Å²) in [6, 6.07) is 14.6. The SMILES string of the molecule is Cc1cc(-c2cc(Oc3ccc4cnn(C)c4c3)ccn2)ccc1C(=O)O. The van der Waals surface area contributed by atoms with E-state index in [2.05, 4.69) is 10.1 Å². The molecular weight excluding hydrogens is 342 g/mol. The molecule has 0 unspecified atom stereocenters. The number of pyridine rings is 1. The third-order valence-electron chi connectivity index (χ3n) is 4.44. The molecule has 6 heteroatoms. The first kappa shape index (κ1) is 16.8. The molecule has 6 nitrogen and oxygen atoms in total. The largest absolute Gasteiger partial charge is 0.478 e. The summed E-state index contributed by atoms with van der Waals surface area (Å²) in [5, 5.41) is 14.5. The van der Waals surface area contributed by atoms with E-state index < -0.39 is 5.97 Å². The van der Waals surface area contributed by atoms with Gasteiger partial charge in [0.25, 0.3) is 0 Å².